The Morgan fingerprint density at radius 2 is 1.93 bits per heavy atom. The van der Waals surface area contributed by atoms with Gasteiger partial charge in [-0.25, -0.2) is 4.79 Å². The van der Waals surface area contributed by atoms with Gasteiger partial charge in [-0.05, 0) is 51.5 Å². The van der Waals surface area contributed by atoms with Crippen molar-refractivity contribution < 1.29 is 9.59 Å². The number of aryl methyl sites for hydroxylation is 1. The maximum atomic E-state index is 11.3. The molecule has 0 aliphatic carbocycles. The molecular formula is C21H24N4O2. The lowest BCUT2D eigenvalue weighted by Gasteiger charge is -2.05. The zero-order chi connectivity index (χ0) is 20.4. The predicted octanol–water partition coefficient (Wildman–Crippen LogP) is 2.94. The number of benzene rings is 1. The van der Waals surface area contributed by atoms with Crippen LogP contribution in [0.3, 0.4) is 0 Å². The van der Waals surface area contributed by atoms with Crippen LogP contribution in [0.5, 0.6) is 0 Å². The van der Waals surface area contributed by atoms with E-state index in [9.17, 15) is 9.59 Å². The Balaban J connectivity index is 3.08. The first-order valence-corrected chi connectivity index (χ1v) is 8.28. The van der Waals surface area contributed by atoms with E-state index in [1.807, 2.05) is 26.8 Å². The standard InChI is InChI=1S/C21H24N4O2/c1-5-6-7-19(25-21(23)27)16(4)24-13-14(2)8-10-17-12-18(20(22)26)11-9-15(17)3/h5-7,9,11-13H,1-4H3,(H2,22,26)(H3,23,25,27)/b6-5-,14-13+,19-7+,24-16+. The molecule has 5 N–H and O–H groups in total. The first kappa shape index (κ1) is 21.5. The molecule has 0 heterocycles. The quantitative estimate of drug-likeness (QED) is 0.424. The molecule has 1 rings (SSSR count). The van der Waals surface area contributed by atoms with E-state index in [4.69, 9.17) is 11.5 Å². The third-order valence-corrected chi connectivity index (χ3v) is 3.47. The van der Waals surface area contributed by atoms with Crippen molar-refractivity contribution in [3.63, 3.8) is 0 Å². The summed E-state index contributed by atoms with van der Waals surface area (Å²) in [6.07, 6.45) is 6.90. The van der Waals surface area contributed by atoms with Gasteiger partial charge in [0.2, 0.25) is 5.91 Å². The summed E-state index contributed by atoms with van der Waals surface area (Å²) in [6.45, 7) is 7.33. The lowest BCUT2D eigenvalue weighted by molar-refractivity contribution is 0.1000. The molecule has 0 spiro atoms. The minimum atomic E-state index is -0.661. The molecule has 1 aromatic rings. The van der Waals surface area contributed by atoms with Crippen molar-refractivity contribution >= 4 is 17.6 Å². The fourth-order valence-electron chi connectivity index (χ4n) is 1.95. The molecule has 0 saturated heterocycles. The summed E-state index contributed by atoms with van der Waals surface area (Å²) in [6, 6.07) is 4.48. The summed E-state index contributed by atoms with van der Waals surface area (Å²) in [5.41, 5.74) is 14.4. The van der Waals surface area contributed by atoms with Crippen molar-refractivity contribution in [2.45, 2.75) is 27.7 Å². The lowest BCUT2D eigenvalue weighted by atomic mass is 10.0. The Labute approximate surface area is 159 Å². The zero-order valence-corrected chi connectivity index (χ0v) is 16.0. The van der Waals surface area contributed by atoms with Crippen molar-refractivity contribution in [1.82, 2.24) is 5.32 Å². The van der Waals surface area contributed by atoms with Gasteiger partial charge >= 0.3 is 6.03 Å². The highest BCUT2D eigenvalue weighted by Crippen LogP contribution is 2.10. The van der Waals surface area contributed by atoms with E-state index >= 15 is 0 Å². The van der Waals surface area contributed by atoms with Crippen LogP contribution >= 0.6 is 0 Å². The molecule has 6 heteroatoms. The number of nitrogens with two attached hydrogens (primary N) is 2. The van der Waals surface area contributed by atoms with Crippen LogP contribution in [-0.2, 0) is 0 Å². The predicted molar refractivity (Wildman–Crippen MR) is 109 cm³/mol. The van der Waals surface area contributed by atoms with E-state index < -0.39 is 11.9 Å². The molecule has 0 radical (unpaired) electrons. The number of carbonyl (C=O) groups is 2. The summed E-state index contributed by atoms with van der Waals surface area (Å²) in [7, 11) is 0. The van der Waals surface area contributed by atoms with Crippen LogP contribution in [0.4, 0.5) is 4.79 Å². The van der Waals surface area contributed by atoms with E-state index in [2.05, 4.69) is 22.2 Å². The van der Waals surface area contributed by atoms with Crippen LogP contribution in [0.25, 0.3) is 0 Å². The van der Waals surface area contributed by atoms with Gasteiger partial charge in [0.05, 0.1) is 11.4 Å². The van der Waals surface area contributed by atoms with Gasteiger partial charge in [0.25, 0.3) is 0 Å². The molecule has 0 aromatic heterocycles. The van der Waals surface area contributed by atoms with Gasteiger partial charge in [0.15, 0.2) is 0 Å². The summed E-state index contributed by atoms with van der Waals surface area (Å²) < 4.78 is 0. The van der Waals surface area contributed by atoms with Gasteiger partial charge in [-0.15, -0.1) is 0 Å². The van der Waals surface area contributed by atoms with Gasteiger partial charge < -0.3 is 16.8 Å². The Hall–Kier alpha value is -3.59. The normalized spacial score (nSPS) is 12.5. The minimum Gasteiger partial charge on any atom is -0.366 e. The van der Waals surface area contributed by atoms with Gasteiger partial charge in [0, 0.05) is 22.9 Å². The van der Waals surface area contributed by atoms with Crippen molar-refractivity contribution in [2.24, 2.45) is 16.5 Å². The molecule has 1 aromatic carbocycles. The number of hydrogen-bond donors (Lipinski definition) is 3. The Morgan fingerprint density at radius 3 is 2.52 bits per heavy atom. The first-order chi connectivity index (χ1) is 12.7. The lowest BCUT2D eigenvalue weighted by Crippen LogP contribution is -2.31. The number of nitrogens with zero attached hydrogens (tertiary/aromatic N) is 1. The smallest absolute Gasteiger partial charge is 0.316 e. The van der Waals surface area contributed by atoms with Crippen molar-refractivity contribution in [1.29, 1.82) is 0 Å². The Kier molecular flexibility index (Phi) is 8.27. The topological polar surface area (TPSA) is 111 Å². The fraction of sp³-hybridized carbons (Fsp3) is 0.190. The van der Waals surface area contributed by atoms with Crippen molar-refractivity contribution in [3.8, 4) is 11.8 Å². The number of hydrogen-bond acceptors (Lipinski definition) is 3. The highest BCUT2D eigenvalue weighted by molar-refractivity contribution is 6.01. The molecular weight excluding hydrogens is 340 g/mol. The fourth-order valence-corrected chi connectivity index (χ4v) is 1.95. The third-order valence-electron chi connectivity index (χ3n) is 3.47. The number of nitrogens with one attached hydrogen (secondary N) is 1. The second-order valence-electron chi connectivity index (χ2n) is 5.77. The van der Waals surface area contributed by atoms with Crippen LogP contribution in [0.1, 0.15) is 42.3 Å². The number of aliphatic imine (C=N–C) groups is 1. The molecule has 140 valence electrons. The van der Waals surface area contributed by atoms with Gasteiger partial charge in [-0.1, -0.05) is 30.1 Å². The number of allylic oxidation sites excluding steroid dienone is 5. The van der Waals surface area contributed by atoms with Gasteiger partial charge in [-0.3, -0.25) is 9.79 Å². The molecule has 0 aliphatic heterocycles. The molecule has 0 unspecified atom stereocenters. The molecule has 0 saturated carbocycles. The Morgan fingerprint density at radius 1 is 1.22 bits per heavy atom. The maximum absolute atomic E-state index is 11.3. The molecule has 0 bridgehead atoms. The molecule has 3 amide bonds. The van der Waals surface area contributed by atoms with Crippen molar-refractivity contribution in [3.05, 3.63) is 70.6 Å². The molecule has 0 aliphatic rings. The largest absolute Gasteiger partial charge is 0.366 e. The number of rotatable bonds is 5. The summed E-state index contributed by atoms with van der Waals surface area (Å²) in [4.78, 5) is 26.7. The van der Waals surface area contributed by atoms with E-state index in [1.165, 1.54) is 0 Å². The van der Waals surface area contributed by atoms with Crippen molar-refractivity contribution in [2.75, 3.05) is 0 Å². The molecule has 27 heavy (non-hydrogen) atoms. The maximum Gasteiger partial charge on any atom is 0.316 e. The average Bonchev–Trinajstić information content (AvgIpc) is 2.61. The zero-order valence-electron chi connectivity index (χ0n) is 16.0. The van der Waals surface area contributed by atoms with Gasteiger partial charge in [-0.2, -0.15) is 0 Å². The molecule has 0 fully saturated rings. The number of urea groups is 1. The molecule has 6 nitrogen and oxygen atoms in total. The van der Waals surface area contributed by atoms with Crippen LogP contribution < -0.4 is 16.8 Å². The van der Waals surface area contributed by atoms with Crippen LogP contribution in [0.2, 0.25) is 0 Å². The highest BCUT2D eigenvalue weighted by Gasteiger charge is 2.03. The molecule has 0 atom stereocenters. The van der Waals surface area contributed by atoms with Gasteiger partial charge in [0.1, 0.15) is 0 Å². The Bertz CT molecular complexity index is 910. The number of primary amides is 2. The third kappa shape index (κ3) is 7.45. The number of carbonyl (C=O) groups excluding carboxylic acids is 2. The SMILES string of the molecule is C\C=C/C=C(NC(N)=O)\C(C)=N\C=C(/C)C#Cc1cc(C(N)=O)ccc1C. The van der Waals surface area contributed by atoms with Crippen LogP contribution in [-0.4, -0.2) is 17.6 Å². The minimum absolute atomic E-state index is 0.414. The first-order valence-electron chi connectivity index (χ1n) is 8.28. The second-order valence-corrected chi connectivity index (χ2v) is 5.77. The van der Waals surface area contributed by atoms with E-state index in [0.717, 1.165) is 11.1 Å². The average molecular weight is 364 g/mol. The summed E-state index contributed by atoms with van der Waals surface area (Å²) in [5.74, 6) is 5.51. The van der Waals surface area contributed by atoms with Crippen LogP contribution in [0.15, 0.2) is 58.9 Å². The van der Waals surface area contributed by atoms with E-state index in [-0.39, 0.29) is 0 Å². The van der Waals surface area contributed by atoms with E-state index in [1.54, 1.807) is 43.5 Å². The highest BCUT2D eigenvalue weighted by atomic mass is 16.2. The van der Waals surface area contributed by atoms with Crippen LogP contribution in [0, 0.1) is 18.8 Å². The summed E-state index contributed by atoms with van der Waals surface area (Å²) >= 11 is 0. The van der Waals surface area contributed by atoms with E-state index in [0.29, 0.717) is 22.5 Å². The monoisotopic (exact) mass is 364 g/mol. The second kappa shape index (κ2) is 10.4. The number of amides is 3. The summed E-state index contributed by atoms with van der Waals surface area (Å²) in [5, 5.41) is 2.53.